The minimum Gasteiger partial charge on any atom is -0.423 e. The van der Waals surface area contributed by atoms with E-state index in [9.17, 15) is 0 Å². The number of anilines is 1. The van der Waals surface area contributed by atoms with Gasteiger partial charge in [-0.05, 0) is 18.1 Å². The number of halogens is 1. The fourth-order valence-corrected chi connectivity index (χ4v) is 1.98. The molecule has 0 atom stereocenters. The van der Waals surface area contributed by atoms with Crippen molar-refractivity contribution < 1.29 is 4.42 Å². The summed E-state index contributed by atoms with van der Waals surface area (Å²) in [6.07, 6.45) is 0. The first-order valence-electron chi connectivity index (χ1n) is 5.10. The Hall–Kier alpha value is -1.29. The number of nitrogens with zero attached hydrogens (tertiary/aromatic N) is 1. The van der Waals surface area contributed by atoms with Crippen LogP contribution in [0, 0.1) is 0 Å². The molecular weight excluding hydrogens is 268 g/mol. The third-order valence-corrected chi connectivity index (χ3v) is 2.80. The van der Waals surface area contributed by atoms with Crippen molar-refractivity contribution in [2.24, 2.45) is 0 Å². The normalized spacial score (nSPS) is 11.0. The van der Waals surface area contributed by atoms with Crippen LogP contribution in [0.5, 0.6) is 0 Å². The Bertz CT molecular complexity index is 505. The second-order valence-electron chi connectivity index (χ2n) is 3.93. The molecule has 0 amide bonds. The number of hydrogen-bond donors (Lipinski definition) is 1. The highest BCUT2D eigenvalue weighted by molar-refractivity contribution is 9.10. The highest BCUT2D eigenvalue weighted by Gasteiger charge is 2.16. The minimum absolute atomic E-state index is 0.221. The first kappa shape index (κ1) is 11.2. The van der Waals surface area contributed by atoms with Gasteiger partial charge in [-0.25, -0.2) is 0 Å². The van der Waals surface area contributed by atoms with Crippen LogP contribution in [0.2, 0.25) is 0 Å². The van der Waals surface area contributed by atoms with Crippen molar-refractivity contribution in [1.29, 1.82) is 0 Å². The van der Waals surface area contributed by atoms with Gasteiger partial charge >= 0.3 is 0 Å². The average molecular weight is 281 g/mol. The van der Waals surface area contributed by atoms with Crippen molar-refractivity contribution in [1.82, 2.24) is 4.98 Å². The summed E-state index contributed by atoms with van der Waals surface area (Å²) in [7, 11) is 0. The smallest absolute Gasteiger partial charge is 0.292 e. The molecule has 3 nitrogen and oxygen atoms in total. The monoisotopic (exact) mass is 280 g/mol. The lowest BCUT2D eigenvalue weighted by atomic mass is 10.0. The van der Waals surface area contributed by atoms with Crippen molar-refractivity contribution in [3.63, 3.8) is 0 Å². The summed E-state index contributed by atoms with van der Waals surface area (Å²) in [5.74, 6) is 1.05. The molecule has 0 aliphatic heterocycles. The van der Waals surface area contributed by atoms with Gasteiger partial charge in [0.2, 0.25) is 0 Å². The van der Waals surface area contributed by atoms with Gasteiger partial charge in [0.05, 0.1) is 5.69 Å². The summed E-state index contributed by atoms with van der Waals surface area (Å²) in [5.41, 5.74) is 7.49. The van der Waals surface area contributed by atoms with Crippen LogP contribution in [-0.2, 0) is 0 Å². The molecule has 0 saturated heterocycles. The van der Waals surface area contributed by atoms with E-state index in [2.05, 4.69) is 34.8 Å². The molecule has 84 valence electrons. The summed E-state index contributed by atoms with van der Waals surface area (Å²) in [4.78, 5) is 4.21. The lowest BCUT2D eigenvalue weighted by molar-refractivity contribution is 0.592. The van der Waals surface area contributed by atoms with E-state index in [1.165, 1.54) is 0 Å². The second-order valence-corrected chi connectivity index (χ2v) is 4.85. The standard InChI is InChI=1S/C12H13BrN2O/c1-7(2)10-11(16-12(14)15-10)8-4-3-5-9(13)6-8/h3-7H,1-2H3,(H2,14,15). The van der Waals surface area contributed by atoms with Gasteiger partial charge in [0, 0.05) is 10.0 Å². The van der Waals surface area contributed by atoms with Crippen molar-refractivity contribution in [2.75, 3.05) is 5.73 Å². The summed E-state index contributed by atoms with van der Waals surface area (Å²) < 4.78 is 6.47. The molecule has 0 radical (unpaired) electrons. The topological polar surface area (TPSA) is 52.0 Å². The molecule has 0 bridgehead atoms. The number of hydrogen-bond acceptors (Lipinski definition) is 3. The van der Waals surface area contributed by atoms with Gasteiger partial charge < -0.3 is 10.2 Å². The Kier molecular flexibility index (Phi) is 3.01. The van der Waals surface area contributed by atoms with Crippen molar-refractivity contribution in [2.45, 2.75) is 19.8 Å². The van der Waals surface area contributed by atoms with Crippen LogP contribution in [0.15, 0.2) is 33.2 Å². The molecular formula is C12H13BrN2O. The molecule has 0 spiro atoms. The Balaban J connectivity index is 2.55. The summed E-state index contributed by atoms with van der Waals surface area (Å²) in [6, 6.07) is 8.13. The summed E-state index contributed by atoms with van der Waals surface area (Å²) in [5, 5.41) is 0. The molecule has 0 unspecified atom stereocenters. The highest BCUT2D eigenvalue weighted by atomic mass is 79.9. The molecule has 0 aliphatic rings. The molecule has 2 N–H and O–H groups in total. The van der Waals surface area contributed by atoms with Crippen LogP contribution < -0.4 is 5.73 Å². The maximum Gasteiger partial charge on any atom is 0.292 e. The molecule has 0 aliphatic carbocycles. The van der Waals surface area contributed by atoms with Gasteiger partial charge in [-0.15, -0.1) is 0 Å². The van der Waals surface area contributed by atoms with Crippen LogP contribution in [0.4, 0.5) is 6.01 Å². The first-order chi connectivity index (χ1) is 7.58. The largest absolute Gasteiger partial charge is 0.423 e. The van der Waals surface area contributed by atoms with E-state index >= 15 is 0 Å². The molecule has 2 aromatic rings. The second kappa shape index (κ2) is 4.29. The third-order valence-electron chi connectivity index (χ3n) is 2.30. The van der Waals surface area contributed by atoms with Gasteiger partial charge in [-0.3, -0.25) is 0 Å². The van der Waals surface area contributed by atoms with Gasteiger partial charge in [0.1, 0.15) is 0 Å². The molecule has 16 heavy (non-hydrogen) atoms. The Morgan fingerprint density at radius 2 is 2.12 bits per heavy atom. The molecule has 4 heteroatoms. The van der Waals surface area contributed by atoms with Gasteiger partial charge in [0.25, 0.3) is 6.01 Å². The predicted octanol–water partition coefficient (Wildman–Crippen LogP) is 3.81. The molecule has 1 aromatic carbocycles. The zero-order valence-electron chi connectivity index (χ0n) is 9.20. The van der Waals surface area contributed by atoms with E-state index < -0.39 is 0 Å². The van der Waals surface area contributed by atoms with E-state index in [4.69, 9.17) is 10.2 Å². The van der Waals surface area contributed by atoms with Crippen molar-refractivity contribution >= 4 is 21.9 Å². The molecule has 2 rings (SSSR count). The SMILES string of the molecule is CC(C)c1nc(N)oc1-c1cccc(Br)c1. The minimum atomic E-state index is 0.221. The molecule has 1 heterocycles. The molecule has 1 aromatic heterocycles. The lowest BCUT2D eigenvalue weighted by Crippen LogP contribution is -1.91. The maximum atomic E-state index is 5.60. The lowest BCUT2D eigenvalue weighted by Gasteiger charge is -2.03. The fraction of sp³-hybridized carbons (Fsp3) is 0.250. The van der Waals surface area contributed by atoms with Crippen molar-refractivity contribution in [3.05, 3.63) is 34.4 Å². The Morgan fingerprint density at radius 1 is 1.38 bits per heavy atom. The van der Waals surface area contributed by atoms with Crippen LogP contribution in [-0.4, -0.2) is 4.98 Å². The van der Waals surface area contributed by atoms with Crippen LogP contribution >= 0.6 is 15.9 Å². The summed E-state index contributed by atoms with van der Waals surface area (Å²) >= 11 is 3.43. The van der Waals surface area contributed by atoms with Crippen LogP contribution in [0.25, 0.3) is 11.3 Å². The maximum absolute atomic E-state index is 5.60. The number of benzene rings is 1. The van der Waals surface area contributed by atoms with Gasteiger partial charge in [-0.2, -0.15) is 4.98 Å². The van der Waals surface area contributed by atoms with Crippen LogP contribution in [0.1, 0.15) is 25.5 Å². The predicted molar refractivity (Wildman–Crippen MR) is 68.1 cm³/mol. The van der Waals surface area contributed by atoms with Crippen molar-refractivity contribution in [3.8, 4) is 11.3 Å². The fourth-order valence-electron chi connectivity index (χ4n) is 1.58. The van der Waals surface area contributed by atoms with Gasteiger partial charge in [-0.1, -0.05) is 41.9 Å². The highest BCUT2D eigenvalue weighted by Crippen LogP contribution is 2.31. The zero-order valence-corrected chi connectivity index (χ0v) is 10.8. The number of nitrogen functional groups attached to an aromatic ring is 1. The third kappa shape index (κ3) is 2.11. The number of aromatic nitrogens is 1. The Labute approximate surface area is 103 Å². The number of nitrogens with two attached hydrogens (primary N) is 1. The van der Waals surface area contributed by atoms with Gasteiger partial charge in [0.15, 0.2) is 5.76 Å². The number of rotatable bonds is 2. The zero-order chi connectivity index (χ0) is 11.7. The van der Waals surface area contributed by atoms with Crippen LogP contribution in [0.3, 0.4) is 0 Å². The first-order valence-corrected chi connectivity index (χ1v) is 5.89. The van der Waals surface area contributed by atoms with E-state index in [0.717, 1.165) is 21.5 Å². The quantitative estimate of drug-likeness (QED) is 0.910. The van der Waals surface area contributed by atoms with E-state index in [0.29, 0.717) is 0 Å². The molecule has 0 saturated carbocycles. The average Bonchev–Trinajstić information content (AvgIpc) is 2.60. The summed E-state index contributed by atoms with van der Waals surface area (Å²) in [6.45, 7) is 4.14. The molecule has 0 fully saturated rings. The Morgan fingerprint density at radius 3 is 2.75 bits per heavy atom. The van der Waals surface area contributed by atoms with E-state index in [-0.39, 0.29) is 11.9 Å². The number of oxazole rings is 1. The van der Waals surface area contributed by atoms with E-state index in [1.807, 2.05) is 24.3 Å². The van der Waals surface area contributed by atoms with E-state index in [1.54, 1.807) is 0 Å².